The van der Waals surface area contributed by atoms with Gasteiger partial charge < -0.3 is 10.1 Å². The lowest BCUT2D eigenvalue weighted by Gasteiger charge is -2.14. The molecule has 4 rings (SSSR count). The number of rotatable bonds is 5. The molecular weight excluding hydrogens is 357 g/mol. The van der Waals surface area contributed by atoms with Gasteiger partial charge >= 0.3 is 0 Å². The van der Waals surface area contributed by atoms with Crippen LogP contribution in [-0.2, 0) is 0 Å². The van der Waals surface area contributed by atoms with E-state index in [-0.39, 0.29) is 0 Å². The first-order valence-corrected chi connectivity index (χ1v) is 8.89. The van der Waals surface area contributed by atoms with Gasteiger partial charge in [-0.05, 0) is 48.9 Å². The fraction of sp³-hybridized carbons (Fsp3) is 0.143. The van der Waals surface area contributed by atoms with Crippen molar-refractivity contribution >= 4 is 16.7 Å². The molecular formula is C21H18FN5O. The maximum Gasteiger partial charge on any atom is 0.220 e. The van der Waals surface area contributed by atoms with Crippen LogP contribution in [-0.4, -0.2) is 33.6 Å². The van der Waals surface area contributed by atoms with Crippen LogP contribution in [0.1, 0.15) is 6.92 Å². The smallest absolute Gasteiger partial charge is 0.220 e. The van der Waals surface area contributed by atoms with Crippen LogP contribution in [0.4, 0.5) is 10.2 Å². The van der Waals surface area contributed by atoms with E-state index in [4.69, 9.17) is 9.72 Å². The van der Waals surface area contributed by atoms with Crippen LogP contribution in [0, 0.1) is 5.95 Å². The molecule has 0 atom stereocenters. The zero-order valence-corrected chi connectivity index (χ0v) is 15.5. The van der Waals surface area contributed by atoms with Crippen LogP contribution in [0.15, 0.2) is 55.0 Å². The second kappa shape index (κ2) is 7.56. The van der Waals surface area contributed by atoms with E-state index in [0.717, 1.165) is 10.9 Å². The van der Waals surface area contributed by atoms with Crippen LogP contribution >= 0.6 is 0 Å². The SMILES string of the molecule is CCOc1cc(-c2cccnc2F)cc2c(NC)nc(-c3cccnc3)nc12. The van der Waals surface area contributed by atoms with Gasteiger partial charge in [-0.3, -0.25) is 4.98 Å². The highest BCUT2D eigenvalue weighted by Gasteiger charge is 2.16. The highest BCUT2D eigenvalue weighted by atomic mass is 19.1. The Balaban J connectivity index is 2.00. The molecule has 1 N–H and O–H groups in total. The molecule has 0 amide bonds. The Hall–Kier alpha value is -3.61. The van der Waals surface area contributed by atoms with Gasteiger partial charge in [0.25, 0.3) is 0 Å². The number of ether oxygens (including phenoxy) is 1. The van der Waals surface area contributed by atoms with E-state index < -0.39 is 5.95 Å². The molecule has 1 aromatic carbocycles. The molecule has 28 heavy (non-hydrogen) atoms. The van der Waals surface area contributed by atoms with Gasteiger partial charge in [-0.15, -0.1) is 0 Å². The topological polar surface area (TPSA) is 72.8 Å². The molecule has 3 heterocycles. The number of hydrogen-bond acceptors (Lipinski definition) is 6. The van der Waals surface area contributed by atoms with E-state index in [1.54, 1.807) is 37.6 Å². The zero-order chi connectivity index (χ0) is 19.5. The summed E-state index contributed by atoms with van der Waals surface area (Å²) in [6.45, 7) is 2.35. The first-order valence-electron chi connectivity index (χ1n) is 8.89. The van der Waals surface area contributed by atoms with E-state index in [1.807, 2.05) is 25.1 Å². The van der Waals surface area contributed by atoms with Crippen LogP contribution in [0.3, 0.4) is 0 Å². The number of pyridine rings is 2. The van der Waals surface area contributed by atoms with Gasteiger partial charge in [0, 0.05) is 42.2 Å². The molecule has 7 heteroatoms. The van der Waals surface area contributed by atoms with Crippen molar-refractivity contribution in [2.24, 2.45) is 0 Å². The minimum absolute atomic E-state index is 0.392. The predicted molar refractivity (Wildman–Crippen MR) is 107 cm³/mol. The fourth-order valence-electron chi connectivity index (χ4n) is 3.04. The summed E-state index contributed by atoms with van der Waals surface area (Å²) in [6, 6.07) is 10.7. The van der Waals surface area contributed by atoms with Crippen molar-refractivity contribution < 1.29 is 9.13 Å². The number of aromatic nitrogens is 4. The molecule has 0 saturated heterocycles. The molecule has 0 fully saturated rings. The lowest BCUT2D eigenvalue weighted by molar-refractivity contribution is 0.344. The van der Waals surface area contributed by atoms with Gasteiger partial charge in [0.05, 0.1) is 6.61 Å². The molecule has 3 aromatic heterocycles. The van der Waals surface area contributed by atoms with E-state index in [2.05, 4.69) is 20.3 Å². The summed E-state index contributed by atoms with van der Waals surface area (Å²) in [5.74, 6) is 1.17. The Bertz CT molecular complexity index is 1130. The number of fused-ring (bicyclic) bond motifs is 1. The minimum atomic E-state index is -0.539. The molecule has 0 saturated carbocycles. The Labute approximate surface area is 161 Å². The summed E-state index contributed by atoms with van der Waals surface area (Å²) in [4.78, 5) is 17.2. The van der Waals surface area contributed by atoms with Crippen molar-refractivity contribution in [3.63, 3.8) is 0 Å². The maximum atomic E-state index is 14.3. The predicted octanol–water partition coefficient (Wildman–Crippen LogP) is 4.33. The Morgan fingerprint density at radius 2 is 1.93 bits per heavy atom. The van der Waals surface area contributed by atoms with Crippen LogP contribution in [0.2, 0.25) is 0 Å². The van der Waals surface area contributed by atoms with Crippen LogP contribution < -0.4 is 10.1 Å². The Kier molecular flexibility index (Phi) is 4.80. The third kappa shape index (κ3) is 3.22. The molecule has 0 radical (unpaired) electrons. The van der Waals surface area contributed by atoms with Crippen molar-refractivity contribution in [3.05, 3.63) is 60.9 Å². The number of hydrogen-bond donors (Lipinski definition) is 1. The normalized spacial score (nSPS) is 10.8. The lowest BCUT2D eigenvalue weighted by atomic mass is 10.0. The van der Waals surface area contributed by atoms with Gasteiger partial charge in [0.2, 0.25) is 5.95 Å². The summed E-state index contributed by atoms with van der Waals surface area (Å²) < 4.78 is 20.1. The van der Waals surface area contributed by atoms with E-state index in [0.29, 0.717) is 40.6 Å². The van der Waals surface area contributed by atoms with E-state index in [9.17, 15) is 4.39 Å². The fourth-order valence-corrected chi connectivity index (χ4v) is 3.04. The second-order valence-corrected chi connectivity index (χ2v) is 6.03. The summed E-state index contributed by atoms with van der Waals surface area (Å²) in [5.41, 5.74) is 2.48. The van der Waals surface area contributed by atoms with Gasteiger partial charge in [-0.25, -0.2) is 15.0 Å². The first kappa shape index (κ1) is 17.8. The van der Waals surface area contributed by atoms with Crippen LogP contribution in [0.5, 0.6) is 5.75 Å². The largest absolute Gasteiger partial charge is 0.492 e. The average molecular weight is 375 g/mol. The Morgan fingerprint density at radius 3 is 2.64 bits per heavy atom. The minimum Gasteiger partial charge on any atom is -0.492 e. The number of benzene rings is 1. The average Bonchev–Trinajstić information content (AvgIpc) is 2.74. The van der Waals surface area contributed by atoms with Crippen molar-refractivity contribution in [2.75, 3.05) is 19.0 Å². The second-order valence-electron chi connectivity index (χ2n) is 6.03. The van der Waals surface area contributed by atoms with E-state index in [1.165, 1.54) is 6.20 Å². The molecule has 0 spiro atoms. The van der Waals surface area contributed by atoms with Gasteiger partial charge in [0.1, 0.15) is 17.1 Å². The first-order chi connectivity index (χ1) is 13.7. The molecule has 0 aliphatic rings. The summed E-state index contributed by atoms with van der Waals surface area (Å²) in [7, 11) is 1.78. The highest BCUT2D eigenvalue weighted by Crippen LogP contribution is 2.36. The quantitative estimate of drug-likeness (QED) is 0.523. The van der Waals surface area contributed by atoms with Crippen molar-refractivity contribution in [3.8, 4) is 28.3 Å². The summed E-state index contributed by atoms with van der Waals surface area (Å²) >= 11 is 0. The maximum absolute atomic E-state index is 14.3. The number of halogens is 1. The Morgan fingerprint density at radius 1 is 1.07 bits per heavy atom. The van der Waals surface area contributed by atoms with Crippen molar-refractivity contribution in [2.45, 2.75) is 6.92 Å². The third-order valence-electron chi connectivity index (χ3n) is 4.29. The molecule has 0 aliphatic heterocycles. The van der Waals surface area contributed by atoms with E-state index >= 15 is 0 Å². The van der Waals surface area contributed by atoms with Gasteiger partial charge in [0.15, 0.2) is 5.82 Å². The lowest BCUT2D eigenvalue weighted by Crippen LogP contribution is -2.02. The number of anilines is 1. The van der Waals surface area contributed by atoms with Crippen molar-refractivity contribution in [1.29, 1.82) is 0 Å². The monoisotopic (exact) mass is 375 g/mol. The number of nitrogens with one attached hydrogen (secondary N) is 1. The molecule has 6 nitrogen and oxygen atoms in total. The third-order valence-corrected chi connectivity index (χ3v) is 4.29. The van der Waals surface area contributed by atoms with Crippen molar-refractivity contribution in [1.82, 2.24) is 19.9 Å². The summed E-state index contributed by atoms with van der Waals surface area (Å²) in [6.07, 6.45) is 4.83. The molecule has 140 valence electrons. The standard InChI is InChI=1S/C21H18FN5O/c1-3-28-17-11-14(15-7-5-9-25-19(15)22)10-16-18(17)26-20(27-21(16)23-2)13-6-4-8-24-12-13/h4-12H,3H2,1-2H3,(H,23,26,27). The molecule has 0 bridgehead atoms. The van der Waals surface area contributed by atoms with Gasteiger partial charge in [-0.1, -0.05) is 0 Å². The molecule has 4 aromatic rings. The summed E-state index contributed by atoms with van der Waals surface area (Å²) in [5, 5.41) is 3.84. The zero-order valence-electron chi connectivity index (χ0n) is 15.5. The molecule has 0 unspecified atom stereocenters. The van der Waals surface area contributed by atoms with Crippen LogP contribution in [0.25, 0.3) is 33.4 Å². The van der Waals surface area contributed by atoms with Gasteiger partial charge in [-0.2, -0.15) is 4.39 Å². The number of nitrogens with zero attached hydrogens (tertiary/aromatic N) is 4. The highest BCUT2D eigenvalue weighted by molar-refractivity contribution is 5.97. The molecule has 0 aliphatic carbocycles.